The highest BCUT2D eigenvalue weighted by molar-refractivity contribution is 6.33. The van der Waals surface area contributed by atoms with Crippen molar-refractivity contribution < 1.29 is 0 Å². The second kappa shape index (κ2) is 5.99. The van der Waals surface area contributed by atoms with Crippen LogP contribution in [0.15, 0.2) is 48.8 Å². The third-order valence-electron chi connectivity index (χ3n) is 3.21. The molecule has 1 aromatic carbocycles. The molecule has 0 unspecified atom stereocenters. The Morgan fingerprint density at radius 2 is 1.91 bits per heavy atom. The van der Waals surface area contributed by atoms with Crippen molar-refractivity contribution in [1.29, 1.82) is 0 Å². The highest BCUT2D eigenvalue weighted by Crippen LogP contribution is 2.32. The molecule has 6 heteroatoms. The lowest BCUT2D eigenvalue weighted by Crippen LogP contribution is -2.02. The Kier molecular flexibility index (Phi) is 3.89. The lowest BCUT2D eigenvalue weighted by Gasteiger charge is -2.13. The van der Waals surface area contributed by atoms with Gasteiger partial charge in [-0.1, -0.05) is 35.9 Å². The maximum Gasteiger partial charge on any atom is 0.222 e. The molecule has 2 aromatic heterocycles. The third-order valence-corrected chi connectivity index (χ3v) is 3.48. The number of hydrogen-bond acceptors (Lipinski definition) is 5. The van der Waals surface area contributed by atoms with Crippen LogP contribution < -0.4 is 11.1 Å². The van der Waals surface area contributed by atoms with Crippen LogP contribution in [0, 0.1) is 6.92 Å². The van der Waals surface area contributed by atoms with Crippen LogP contribution in [0.2, 0.25) is 5.02 Å². The average Bonchev–Trinajstić information content (AvgIpc) is 2.52. The van der Waals surface area contributed by atoms with E-state index in [1.165, 1.54) is 6.20 Å². The number of rotatable bonds is 3. The number of nitrogens with one attached hydrogen (secondary N) is 1. The second-order valence-electron chi connectivity index (χ2n) is 4.76. The topological polar surface area (TPSA) is 76.7 Å². The van der Waals surface area contributed by atoms with E-state index < -0.39 is 0 Å². The number of aromatic nitrogens is 3. The standard InChI is InChI=1S/C16H14ClN5/c1-10-5-4-8-19-14(10)11-6-2-3-7-13(11)21-15-12(17)9-20-16(18)22-15/h2-9H,1H3,(H3,18,20,21,22). The van der Waals surface area contributed by atoms with E-state index in [9.17, 15) is 0 Å². The Morgan fingerprint density at radius 3 is 2.73 bits per heavy atom. The van der Waals surface area contributed by atoms with E-state index in [0.29, 0.717) is 10.8 Å². The summed E-state index contributed by atoms with van der Waals surface area (Å²) < 4.78 is 0. The number of benzene rings is 1. The molecular weight excluding hydrogens is 298 g/mol. The molecule has 3 aromatic rings. The summed E-state index contributed by atoms with van der Waals surface area (Å²) in [6.07, 6.45) is 3.25. The first kappa shape index (κ1) is 14.3. The molecule has 110 valence electrons. The molecule has 0 fully saturated rings. The smallest absolute Gasteiger partial charge is 0.222 e. The number of hydrogen-bond donors (Lipinski definition) is 2. The molecule has 0 aliphatic heterocycles. The minimum absolute atomic E-state index is 0.165. The Labute approximate surface area is 133 Å². The van der Waals surface area contributed by atoms with Gasteiger partial charge in [0.1, 0.15) is 5.02 Å². The normalized spacial score (nSPS) is 10.5. The van der Waals surface area contributed by atoms with Crippen molar-refractivity contribution in [2.75, 3.05) is 11.1 Å². The fourth-order valence-electron chi connectivity index (χ4n) is 2.16. The van der Waals surface area contributed by atoms with Crippen molar-refractivity contribution in [2.45, 2.75) is 6.92 Å². The molecule has 0 spiro atoms. The molecule has 0 saturated heterocycles. The van der Waals surface area contributed by atoms with Gasteiger partial charge in [-0.25, -0.2) is 4.98 Å². The molecule has 0 aliphatic carbocycles. The number of nitrogen functional groups attached to an aromatic ring is 1. The maximum absolute atomic E-state index is 6.12. The molecule has 2 heterocycles. The zero-order valence-electron chi connectivity index (χ0n) is 11.9. The predicted octanol–water partition coefficient (Wildman–Crippen LogP) is 3.83. The predicted molar refractivity (Wildman–Crippen MR) is 89.1 cm³/mol. The summed E-state index contributed by atoms with van der Waals surface area (Å²) in [4.78, 5) is 12.4. The number of para-hydroxylation sites is 1. The number of pyridine rings is 1. The van der Waals surface area contributed by atoms with E-state index >= 15 is 0 Å². The van der Waals surface area contributed by atoms with Gasteiger partial charge in [0.05, 0.1) is 11.9 Å². The zero-order chi connectivity index (χ0) is 15.5. The van der Waals surface area contributed by atoms with Gasteiger partial charge in [0.25, 0.3) is 0 Å². The van der Waals surface area contributed by atoms with E-state index in [-0.39, 0.29) is 5.95 Å². The molecule has 3 rings (SSSR count). The van der Waals surface area contributed by atoms with Gasteiger partial charge < -0.3 is 11.1 Å². The van der Waals surface area contributed by atoms with Crippen molar-refractivity contribution in [3.63, 3.8) is 0 Å². The van der Waals surface area contributed by atoms with Crippen LogP contribution in [-0.4, -0.2) is 15.0 Å². The Morgan fingerprint density at radius 1 is 1.09 bits per heavy atom. The van der Waals surface area contributed by atoms with Crippen LogP contribution in [0.4, 0.5) is 17.5 Å². The Hall–Kier alpha value is -2.66. The summed E-state index contributed by atoms with van der Waals surface area (Å²) in [5, 5.41) is 3.61. The van der Waals surface area contributed by atoms with Gasteiger partial charge in [0.15, 0.2) is 5.82 Å². The molecule has 0 atom stereocenters. The first-order valence-corrected chi connectivity index (χ1v) is 7.09. The quantitative estimate of drug-likeness (QED) is 0.768. The summed E-state index contributed by atoms with van der Waals surface area (Å²) in [6, 6.07) is 11.8. The third kappa shape index (κ3) is 2.84. The van der Waals surface area contributed by atoms with Crippen LogP contribution >= 0.6 is 11.6 Å². The summed E-state index contributed by atoms with van der Waals surface area (Å²) in [6.45, 7) is 2.02. The SMILES string of the molecule is Cc1cccnc1-c1ccccc1Nc1nc(N)ncc1Cl. The zero-order valence-corrected chi connectivity index (χ0v) is 12.7. The maximum atomic E-state index is 6.12. The molecule has 0 bridgehead atoms. The van der Waals surface area contributed by atoms with Crippen molar-refractivity contribution in [3.05, 3.63) is 59.4 Å². The minimum Gasteiger partial charge on any atom is -0.368 e. The molecule has 0 amide bonds. The number of halogens is 1. The number of nitrogens with two attached hydrogens (primary N) is 1. The first-order chi connectivity index (χ1) is 10.6. The number of aryl methyl sites for hydroxylation is 1. The fourth-order valence-corrected chi connectivity index (χ4v) is 2.30. The molecular formula is C16H14ClN5. The van der Waals surface area contributed by atoms with Gasteiger partial charge in [0.2, 0.25) is 5.95 Å². The monoisotopic (exact) mass is 311 g/mol. The molecule has 0 radical (unpaired) electrons. The van der Waals surface area contributed by atoms with Crippen LogP contribution in [0.1, 0.15) is 5.56 Å². The van der Waals surface area contributed by atoms with Crippen LogP contribution in [-0.2, 0) is 0 Å². The van der Waals surface area contributed by atoms with Crippen LogP contribution in [0.3, 0.4) is 0 Å². The second-order valence-corrected chi connectivity index (χ2v) is 5.17. The average molecular weight is 312 g/mol. The van der Waals surface area contributed by atoms with Gasteiger partial charge in [-0.3, -0.25) is 4.98 Å². The number of nitrogens with zero attached hydrogens (tertiary/aromatic N) is 3. The van der Waals surface area contributed by atoms with Gasteiger partial charge >= 0.3 is 0 Å². The Balaban J connectivity index is 2.06. The van der Waals surface area contributed by atoms with Crippen molar-refractivity contribution in [2.24, 2.45) is 0 Å². The highest BCUT2D eigenvalue weighted by Gasteiger charge is 2.11. The number of anilines is 3. The van der Waals surface area contributed by atoms with Gasteiger partial charge in [0, 0.05) is 17.4 Å². The van der Waals surface area contributed by atoms with Gasteiger partial charge in [-0.2, -0.15) is 4.98 Å². The lowest BCUT2D eigenvalue weighted by atomic mass is 10.0. The van der Waals surface area contributed by atoms with E-state index in [1.807, 2.05) is 43.3 Å². The van der Waals surface area contributed by atoms with Crippen LogP contribution in [0.25, 0.3) is 11.3 Å². The summed E-state index contributed by atoms with van der Waals surface area (Å²) in [7, 11) is 0. The van der Waals surface area contributed by atoms with E-state index in [4.69, 9.17) is 17.3 Å². The van der Waals surface area contributed by atoms with Gasteiger partial charge in [-0.05, 0) is 24.6 Å². The first-order valence-electron chi connectivity index (χ1n) is 6.71. The highest BCUT2D eigenvalue weighted by atomic mass is 35.5. The molecule has 3 N–H and O–H groups in total. The minimum atomic E-state index is 0.165. The lowest BCUT2D eigenvalue weighted by molar-refractivity contribution is 1.18. The largest absolute Gasteiger partial charge is 0.368 e. The fraction of sp³-hybridized carbons (Fsp3) is 0.0625. The molecule has 5 nitrogen and oxygen atoms in total. The van der Waals surface area contributed by atoms with Crippen molar-refractivity contribution >= 4 is 29.1 Å². The molecule has 0 saturated carbocycles. The van der Waals surface area contributed by atoms with Crippen molar-refractivity contribution in [1.82, 2.24) is 15.0 Å². The summed E-state index contributed by atoms with van der Waals surface area (Å²) in [5.41, 5.74) is 9.43. The van der Waals surface area contributed by atoms with E-state index in [2.05, 4.69) is 20.3 Å². The van der Waals surface area contributed by atoms with Crippen LogP contribution in [0.5, 0.6) is 0 Å². The van der Waals surface area contributed by atoms with E-state index in [0.717, 1.165) is 22.5 Å². The molecule has 0 aliphatic rings. The van der Waals surface area contributed by atoms with E-state index in [1.54, 1.807) is 6.20 Å². The summed E-state index contributed by atoms with van der Waals surface area (Å²) in [5.74, 6) is 0.633. The summed E-state index contributed by atoms with van der Waals surface area (Å²) >= 11 is 6.12. The molecule has 22 heavy (non-hydrogen) atoms. The Bertz CT molecular complexity index is 819. The van der Waals surface area contributed by atoms with Crippen molar-refractivity contribution in [3.8, 4) is 11.3 Å². The van der Waals surface area contributed by atoms with Gasteiger partial charge in [-0.15, -0.1) is 0 Å².